The van der Waals surface area contributed by atoms with Gasteiger partial charge in [0.2, 0.25) is 5.78 Å². The summed E-state index contributed by atoms with van der Waals surface area (Å²) in [6.45, 7) is 10.9. The van der Waals surface area contributed by atoms with Crippen LogP contribution in [0.15, 0.2) is 36.6 Å². The highest BCUT2D eigenvalue weighted by Gasteiger charge is 2.18. The molecule has 0 heterocycles. The topological polar surface area (TPSA) is 89.3 Å². The molecule has 0 unspecified atom stereocenters. The number of carbonyl (C=O) groups is 3. The molecule has 5 nitrogen and oxygen atoms in total. The zero-order valence-electron chi connectivity index (χ0n) is 10.7. The van der Waals surface area contributed by atoms with Gasteiger partial charge < -0.3 is 11.1 Å². The number of hydrogen-bond donors (Lipinski definition) is 2. The van der Waals surface area contributed by atoms with E-state index in [0.29, 0.717) is 5.70 Å². The quantitative estimate of drug-likeness (QED) is 0.286. The third-order valence-corrected chi connectivity index (χ3v) is 2.04. The first-order chi connectivity index (χ1) is 8.33. The number of Topliss-reactive ketones (excluding diaryl/α,β-unsaturated/α-hetero) is 2. The number of amides is 1. The van der Waals surface area contributed by atoms with Crippen molar-refractivity contribution in [1.82, 2.24) is 5.32 Å². The van der Waals surface area contributed by atoms with Crippen molar-refractivity contribution in [2.24, 2.45) is 5.73 Å². The van der Waals surface area contributed by atoms with Crippen molar-refractivity contribution in [1.29, 1.82) is 0 Å². The molecule has 0 aliphatic heterocycles. The standard InChI is InChI=1S/C13H18N2O3/c1-5-9(10(6-2)15-8(3)4)11(16)7-12(17)13(14)18/h5-6,8,15H,1-2,7H2,3-4H3,(H2,14,18)/b10-9-. The summed E-state index contributed by atoms with van der Waals surface area (Å²) in [4.78, 5) is 33.5. The minimum Gasteiger partial charge on any atom is -0.382 e. The lowest BCUT2D eigenvalue weighted by molar-refractivity contribution is -0.137. The zero-order chi connectivity index (χ0) is 14.3. The second-order valence-corrected chi connectivity index (χ2v) is 3.92. The van der Waals surface area contributed by atoms with Gasteiger partial charge in [-0.15, -0.1) is 0 Å². The van der Waals surface area contributed by atoms with Crippen molar-refractivity contribution in [3.63, 3.8) is 0 Å². The van der Waals surface area contributed by atoms with Crippen LogP contribution in [-0.2, 0) is 14.4 Å². The molecular weight excluding hydrogens is 232 g/mol. The number of allylic oxidation sites excluding steroid dienone is 3. The average molecular weight is 250 g/mol. The van der Waals surface area contributed by atoms with Crippen molar-refractivity contribution >= 4 is 17.5 Å². The van der Waals surface area contributed by atoms with E-state index >= 15 is 0 Å². The Morgan fingerprint density at radius 2 is 1.72 bits per heavy atom. The van der Waals surface area contributed by atoms with Crippen LogP contribution < -0.4 is 11.1 Å². The molecule has 0 fully saturated rings. The number of ketones is 2. The molecule has 0 spiro atoms. The van der Waals surface area contributed by atoms with E-state index in [2.05, 4.69) is 18.5 Å². The Morgan fingerprint density at radius 3 is 2.06 bits per heavy atom. The molecule has 0 aromatic rings. The summed E-state index contributed by atoms with van der Waals surface area (Å²) in [5.74, 6) is -2.56. The van der Waals surface area contributed by atoms with E-state index < -0.39 is 23.9 Å². The fraction of sp³-hybridized carbons (Fsp3) is 0.308. The van der Waals surface area contributed by atoms with Gasteiger partial charge in [0.05, 0.1) is 6.42 Å². The number of nitrogens with two attached hydrogens (primary N) is 1. The van der Waals surface area contributed by atoms with Gasteiger partial charge in [0, 0.05) is 17.3 Å². The normalized spacial score (nSPS) is 11.5. The van der Waals surface area contributed by atoms with Crippen LogP contribution in [0.5, 0.6) is 0 Å². The Kier molecular flexibility index (Phi) is 6.34. The molecule has 0 atom stereocenters. The smallest absolute Gasteiger partial charge is 0.285 e. The number of nitrogens with one attached hydrogen (secondary N) is 1. The summed E-state index contributed by atoms with van der Waals surface area (Å²) in [7, 11) is 0. The summed E-state index contributed by atoms with van der Waals surface area (Å²) in [6, 6.07) is 0.0904. The van der Waals surface area contributed by atoms with Crippen LogP contribution in [0.25, 0.3) is 0 Å². The third-order valence-electron chi connectivity index (χ3n) is 2.04. The third kappa shape index (κ3) is 4.78. The van der Waals surface area contributed by atoms with Crippen LogP contribution in [0, 0.1) is 0 Å². The van der Waals surface area contributed by atoms with E-state index in [9.17, 15) is 14.4 Å². The maximum absolute atomic E-state index is 11.8. The fourth-order valence-corrected chi connectivity index (χ4v) is 1.26. The van der Waals surface area contributed by atoms with E-state index in [1.807, 2.05) is 13.8 Å². The molecule has 0 rings (SSSR count). The average Bonchev–Trinajstić information content (AvgIpc) is 2.27. The van der Waals surface area contributed by atoms with Gasteiger partial charge in [-0.2, -0.15) is 0 Å². The van der Waals surface area contributed by atoms with Crippen molar-refractivity contribution in [2.75, 3.05) is 0 Å². The second-order valence-electron chi connectivity index (χ2n) is 3.92. The highest BCUT2D eigenvalue weighted by molar-refractivity contribution is 6.39. The molecular formula is C13H18N2O3. The fourth-order valence-electron chi connectivity index (χ4n) is 1.26. The maximum Gasteiger partial charge on any atom is 0.285 e. The first-order valence-electron chi connectivity index (χ1n) is 5.45. The van der Waals surface area contributed by atoms with Crippen LogP contribution in [-0.4, -0.2) is 23.5 Å². The summed E-state index contributed by atoms with van der Waals surface area (Å²) >= 11 is 0. The molecule has 3 N–H and O–H groups in total. The highest BCUT2D eigenvalue weighted by atomic mass is 16.2. The largest absolute Gasteiger partial charge is 0.382 e. The number of rotatable bonds is 8. The predicted molar refractivity (Wildman–Crippen MR) is 69.5 cm³/mol. The molecule has 0 aliphatic carbocycles. The summed E-state index contributed by atoms with van der Waals surface area (Å²) in [6.07, 6.45) is 2.22. The van der Waals surface area contributed by atoms with Crippen LogP contribution in [0.4, 0.5) is 0 Å². The predicted octanol–water partition coefficient (Wildman–Crippen LogP) is 0.624. The molecule has 0 radical (unpaired) electrons. The van der Waals surface area contributed by atoms with Crippen molar-refractivity contribution in [2.45, 2.75) is 26.3 Å². The molecule has 0 aromatic heterocycles. The van der Waals surface area contributed by atoms with Gasteiger partial charge in [-0.25, -0.2) is 0 Å². The highest BCUT2D eigenvalue weighted by Crippen LogP contribution is 2.09. The van der Waals surface area contributed by atoms with E-state index in [-0.39, 0.29) is 11.6 Å². The first kappa shape index (κ1) is 15.8. The monoisotopic (exact) mass is 250 g/mol. The Hall–Kier alpha value is -2.17. The first-order valence-corrected chi connectivity index (χ1v) is 5.45. The minimum atomic E-state index is -1.12. The zero-order valence-corrected chi connectivity index (χ0v) is 10.7. The van der Waals surface area contributed by atoms with Gasteiger partial charge in [0.15, 0.2) is 5.78 Å². The lowest BCUT2D eigenvalue weighted by Crippen LogP contribution is -2.28. The lowest BCUT2D eigenvalue weighted by atomic mass is 10.0. The molecule has 0 saturated carbocycles. The van der Waals surface area contributed by atoms with Gasteiger partial charge in [-0.3, -0.25) is 14.4 Å². The Labute approximate surface area is 106 Å². The number of primary amides is 1. The van der Waals surface area contributed by atoms with Crippen LogP contribution in [0.1, 0.15) is 20.3 Å². The molecule has 18 heavy (non-hydrogen) atoms. The van der Waals surface area contributed by atoms with Gasteiger partial charge in [0.1, 0.15) is 0 Å². The number of carbonyl (C=O) groups excluding carboxylic acids is 3. The van der Waals surface area contributed by atoms with Crippen molar-refractivity contribution < 1.29 is 14.4 Å². The Morgan fingerprint density at radius 1 is 1.17 bits per heavy atom. The van der Waals surface area contributed by atoms with Crippen LogP contribution in [0.3, 0.4) is 0 Å². The van der Waals surface area contributed by atoms with Crippen LogP contribution >= 0.6 is 0 Å². The SMILES string of the molecule is C=C/C(NC(C)C)=C(\C=C)C(=O)CC(=O)C(N)=O. The summed E-state index contributed by atoms with van der Waals surface area (Å²) < 4.78 is 0. The lowest BCUT2D eigenvalue weighted by Gasteiger charge is -2.13. The maximum atomic E-state index is 11.8. The Balaban J connectivity index is 5.16. The molecule has 0 bridgehead atoms. The molecule has 0 saturated heterocycles. The molecule has 98 valence electrons. The summed E-state index contributed by atoms with van der Waals surface area (Å²) in [5.41, 5.74) is 5.49. The van der Waals surface area contributed by atoms with Crippen molar-refractivity contribution in [3.05, 3.63) is 36.6 Å². The van der Waals surface area contributed by atoms with Crippen molar-refractivity contribution in [3.8, 4) is 0 Å². The van der Waals surface area contributed by atoms with E-state index in [1.54, 1.807) is 0 Å². The number of hydrogen-bond acceptors (Lipinski definition) is 4. The van der Waals surface area contributed by atoms with Crippen LogP contribution in [0.2, 0.25) is 0 Å². The molecule has 0 aliphatic rings. The Bertz CT molecular complexity index is 420. The van der Waals surface area contributed by atoms with Gasteiger partial charge in [-0.05, 0) is 19.9 Å². The van der Waals surface area contributed by atoms with E-state index in [0.717, 1.165) is 0 Å². The molecule has 1 amide bonds. The summed E-state index contributed by atoms with van der Waals surface area (Å²) in [5, 5.41) is 3.01. The van der Waals surface area contributed by atoms with E-state index in [1.165, 1.54) is 12.2 Å². The minimum absolute atomic E-state index is 0.0904. The van der Waals surface area contributed by atoms with Gasteiger partial charge >= 0.3 is 0 Å². The van der Waals surface area contributed by atoms with Gasteiger partial charge in [-0.1, -0.05) is 19.2 Å². The van der Waals surface area contributed by atoms with E-state index in [4.69, 9.17) is 5.73 Å². The molecule has 0 aromatic carbocycles. The van der Waals surface area contributed by atoms with Gasteiger partial charge in [0.25, 0.3) is 5.91 Å². The molecule has 5 heteroatoms. The second kappa shape index (κ2) is 7.21.